The number of aliphatic carboxylic acids is 1. The molecule has 0 radical (unpaired) electrons. The van der Waals surface area contributed by atoms with E-state index in [1.807, 2.05) is 6.92 Å². The van der Waals surface area contributed by atoms with Crippen LogP contribution in [0.2, 0.25) is 0 Å². The van der Waals surface area contributed by atoms with Gasteiger partial charge in [0.25, 0.3) is 0 Å². The van der Waals surface area contributed by atoms with Crippen LogP contribution < -0.4 is 5.32 Å². The van der Waals surface area contributed by atoms with E-state index in [1.54, 1.807) is 6.92 Å². The summed E-state index contributed by atoms with van der Waals surface area (Å²) in [7, 11) is 0. The van der Waals surface area contributed by atoms with Gasteiger partial charge in [0.2, 0.25) is 0 Å². The number of nitrogens with zero attached hydrogens (tertiary/aromatic N) is 1. The lowest BCUT2D eigenvalue weighted by Crippen LogP contribution is -2.51. The van der Waals surface area contributed by atoms with Crippen LogP contribution in [0, 0.1) is 16.7 Å². The summed E-state index contributed by atoms with van der Waals surface area (Å²) in [5, 5.41) is 21.0. The average Bonchev–Trinajstić information content (AvgIpc) is 2.97. The second-order valence-corrected chi connectivity index (χ2v) is 5.08. The Kier molecular flexibility index (Phi) is 3.93. The van der Waals surface area contributed by atoms with Gasteiger partial charge < -0.3 is 10.4 Å². The molecule has 90 valence electrons. The summed E-state index contributed by atoms with van der Waals surface area (Å²) in [5.74, 6) is -0.804. The van der Waals surface area contributed by atoms with Crippen molar-refractivity contribution in [2.75, 3.05) is 6.54 Å². The Morgan fingerprint density at radius 1 is 1.62 bits per heavy atom. The van der Waals surface area contributed by atoms with Crippen LogP contribution in [0.15, 0.2) is 0 Å². The smallest absolute Gasteiger partial charge is 0.323 e. The fraction of sp³-hybridized carbons (Fsp3) is 0.833. The number of carboxylic acid groups (broad SMARTS) is 1. The van der Waals surface area contributed by atoms with Crippen LogP contribution in [0.1, 0.15) is 46.0 Å². The van der Waals surface area contributed by atoms with E-state index in [0.717, 1.165) is 19.3 Å². The van der Waals surface area contributed by atoms with Crippen LogP contribution in [-0.4, -0.2) is 23.2 Å². The van der Waals surface area contributed by atoms with Crippen LogP contribution in [-0.2, 0) is 4.79 Å². The van der Waals surface area contributed by atoms with Crippen molar-refractivity contribution in [2.24, 2.45) is 5.41 Å². The van der Waals surface area contributed by atoms with Crippen LogP contribution in [0.25, 0.3) is 0 Å². The molecule has 0 aromatic rings. The minimum absolute atomic E-state index is 0.0548. The monoisotopic (exact) mass is 224 g/mol. The highest BCUT2D eigenvalue weighted by Gasteiger charge is 2.44. The molecule has 1 aliphatic rings. The maximum Gasteiger partial charge on any atom is 0.323 e. The second kappa shape index (κ2) is 4.84. The minimum Gasteiger partial charge on any atom is -0.480 e. The van der Waals surface area contributed by atoms with E-state index in [4.69, 9.17) is 5.26 Å². The molecule has 0 aromatic carbocycles. The largest absolute Gasteiger partial charge is 0.480 e. The number of carboxylic acids is 1. The highest BCUT2D eigenvalue weighted by Crippen LogP contribution is 2.48. The quantitative estimate of drug-likeness (QED) is 0.693. The summed E-state index contributed by atoms with van der Waals surface area (Å²) in [6.07, 6.45) is 4.05. The Morgan fingerprint density at radius 3 is 2.62 bits per heavy atom. The molecule has 1 rings (SSSR count). The van der Waals surface area contributed by atoms with E-state index < -0.39 is 11.5 Å². The first-order valence-corrected chi connectivity index (χ1v) is 5.83. The standard InChI is InChI=1S/C12H20N2O2/c1-3-4-11(2,10(15)16)14-9-12(5-6-12)7-8-13/h14H,3-7,9H2,1-2H3,(H,15,16). The molecule has 0 amide bonds. The zero-order chi connectivity index (χ0) is 12.2. The highest BCUT2D eigenvalue weighted by atomic mass is 16.4. The predicted octanol–water partition coefficient (Wildman–Crippen LogP) is 1.91. The molecule has 4 heteroatoms. The van der Waals surface area contributed by atoms with Gasteiger partial charge in [-0.15, -0.1) is 0 Å². The van der Waals surface area contributed by atoms with E-state index in [9.17, 15) is 9.90 Å². The highest BCUT2D eigenvalue weighted by molar-refractivity contribution is 5.78. The van der Waals surface area contributed by atoms with Crippen LogP contribution in [0.3, 0.4) is 0 Å². The molecule has 0 bridgehead atoms. The van der Waals surface area contributed by atoms with Crippen molar-refractivity contribution in [3.8, 4) is 6.07 Å². The second-order valence-electron chi connectivity index (χ2n) is 5.08. The van der Waals surface area contributed by atoms with E-state index >= 15 is 0 Å². The molecule has 1 saturated carbocycles. The zero-order valence-corrected chi connectivity index (χ0v) is 10.0. The fourth-order valence-corrected chi connectivity index (χ4v) is 1.91. The van der Waals surface area contributed by atoms with Gasteiger partial charge in [-0.1, -0.05) is 13.3 Å². The Morgan fingerprint density at radius 2 is 2.25 bits per heavy atom. The van der Waals surface area contributed by atoms with Crippen molar-refractivity contribution in [3.63, 3.8) is 0 Å². The molecule has 0 heterocycles. The normalized spacial score (nSPS) is 20.8. The number of carbonyl (C=O) groups is 1. The summed E-state index contributed by atoms with van der Waals surface area (Å²) < 4.78 is 0. The molecular formula is C12H20N2O2. The van der Waals surface area contributed by atoms with Crippen molar-refractivity contribution in [1.29, 1.82) is 5.26 Å². The molecule has 0 aromatic heterocycles. The molecule has 16 heavy (non-hydrogen) atoms. The van der Waals surface area contributed by atoms with Crippen LogP contribution in [0.4, 0.5) is 0 Å². The Bertz CT molecular complexity index is 305. The number of rotatable bonds is 7. The van der Waals surface area contributed by atoms with Gasteiger partial charge >= 0.3 is 5.97 Å². The summed E-state index contributed by atoms with van der Waals surface area (Å²) in [4.78, 5) is 11.2. The molecular weight excluding hydrogens is 204 g/mol. The van der Waals surface area contributed by atoms with Crippen LogP contribution >= 0.6 is 0 Å². The van der Waals surface area contributed by atoms with Gasteiger partial charge in [-0.25, -0.2) is 0 Å². The van der Waals surface area contributed by atoms with Crippen molar-refractivity contribution >= 4 is 5.97 Å². The lowest BCUT2D eigenvalue weighted by atomic mass is 9.94. The van der Waals surface area contributed by atoms with Crippen molar-refractivity contribution in [2.45, 2.75) is 51.5 Å². The number of nitriles is 1. The molecule has 0 aliphatic heterocycles. The molecule has 4 nitrogen and oxygen atoms in total. The lowest BCUT2D eigenvalue weighted by molar-refractivity contribution is -0.144. The van der Waals surface area contributed by atoms with Gasteiger partial charge in [-0.3, -0.25) is 4.79 Å². The maximum absolute atomic E-state index is 11.2. The van der Waals surface area contributed by atoms with E-state index in [0.29, 0.717) is 19.4 Å². The summed E-state index contributed by atoms with van der Waals surface area (Å²) >= 11 is 0. The molecule has 2 N–H and O–H groups in total. The fourth-order valence-electron chi connectivity index (χ4n) is 1.91. The topological polar surface area (TPSA) is 73.1 Å². The molecule has 0 saturated heterocycles. The zero-order valence-electron chi connectivity index (χ0n) is 10.0. The van der Waals surface area contributed by atoms with E-state index in [1.165, 1.54) is 0 Å². The molecule has 1 aliphatic carbocycles. The van der Waals surface area contributed by atoms with E-state index in [-0.39, 0.29) is 5.41 Å². The van der Waals surface area contributed by atoms with Gasteiger partial charge in [-0.05, 0) is 31.6 Å². The van der Waals surface area contributed by atoms with Crippen molar-refractivity contribution in [1.82, 2.24) is 5.32 Å². The summed E-state index contributed by atoms with van der Waals surface area (Å²) in [5.41, 5.74) is -0.793. The first kappa shape index (κ1) is 13.0. The van der Waals surface area contributed by atoms with Gasteiger partial charge in [0.1, 0.15) is 5.54 Å². The Labute approximate surface area is 96.6 Å². The molecule has 1 unspecified atom stereocenters. The Hall–Kier alpha value is -1.08. The van der Waals surface area contributed by atoms with Gasteiger partial charge in [0.15, 0.2) is 0 Å². The minimum atomic E-state index is -0.847. The molecule has 0 spiro atoms. The van der Waals surface area contributed by atoms with Gasteiger partial charge in [0.05, 0.1) is 6.07 Å². The van der Waals surface area contributed by atoms with Gasteiger partial charge in [0, 0.05) is 13.0 Å². The van der Waals surface area contributed by atoms with Crippen molar-refractivity contribution in [3.05, 3.63) is 0 Å². The predicted molar refractivity (Wildman–Crippen MR) is 60.8 cm³/mol. The van der Waals surface area contributed by atoms with Crippen molar-refractivity contribution < 1.29 is 9.90 Å². The first-order valence-electron chi connectivity index (χ1n) is 5.83. The SMILES string of the molecule is CCCC(C)(NCC1(CC#N)CC1)C(=O)O. The molecule has 1 fully saturated rings. The lowest BCUT2D eigenvalue weighted by Gasteiger charge is -2.28. The summed E-state index contributed by atoms with van der Waals surface area (Å²) in [6.45, 7) is 4.34. The number of hydrogen-bond acceptors (Lipinski definition) is 3. The maximum atomic E-state index is 11.2. The third kappa shape index (κ3) is 2.96. The third-order valence-corrected chi connectivity index (χ3v) is 3.49. The molecule has 1 atom stereocenters. The van der Waals surface area contributed by atoms with Crippen LogP contribution in [0.5, 0.6) is 0 Å². The van der Waals surface area contributed by atoms with Gasteiger partial charge in [-0.2, -0.15) is 5.26 Å². The third-order valence-electron chi connectivity index (χ3n) is 3.49. The first-order chi connectivity index (χ1) is 7.48. The number of hydrogen-bond donors (Lipinski definition) is 2. The Balaban J connectivity index is 2.51. The average molecular weight is 224 g/mol. The summed E-state index contributed by atoms with van der Waals surface area (Å²) in [6, 6.07) is 2.18. The number of nitrogens with one attached hydrogen (secondary N) is 1. The van der Waals surface area contributed by atoms with E-state index in [2.05, 4.69) is 11.4 Å².